The highest BCUT2D eigenvalue weighted by Crippen LogP contribution is 2.14. The first kappa shape index (κ1) is 17.2. The van der Waals surface area contributed by atoms with Crippen LogP contribution in [0.1, 0.15) is 23.2 Å². The van der Waals surface area contributed by atoms with Crippen molar-refractivity contribution < 1.29 is 13.7 Å². The summed E-state index contributed by atoms with van der Waals surface area (Å²) >= 11 is 1.20. The third-order valence-electron chi connectivity index (χ3n) is 3.21. The summed E-state index contributed by atoms with van der Waals surface area (Å²) in [5.74, 6) is 1.71. The van der Waals surface area contributed by atoms with Crippen LogP contribution in [0.25, 0.3) is 0 Å². The van der Waals surface area contributed by atoms with Crippen molar-refractivity contribution in [1.82, 2.24) is 25.7 Å². The second kappa shape index (κ2) is 8.43. The van der Waals surface area contributed by atoms with Crippen molar-refractivity contribution in [2.24, 2.45) is 0 Å². The minimum Gasteiger partial charge on any atom is -0.416 e. The smallest absolute Gasteiger partial charge is 0.277 e. The van der Waals surface area contributed by atoms with Gasteiger partial charge in [0.15, 0.2) is 5.82 Å². The van der Waals surface area contributed by atoms with Crippen molar-refractivity contribution >= 4 is 17.7 Å². The van der Waals surface area contributed by atoms with E-state index in [1.54, 1.807) is 6.92 Å². The Balaban J connectivity index is 1.38. The number of carbonyl (C=O) groups is 1. The quantitative estimate of drug-likeness (QED) is 0.607. The SMILES string of the molecule is Cc1nnc(SCC(=O)NCCc2nc(Cc3ccccc3)no2)o1. The van der Waals surface area contributed by atoms with Crippen molar-refractivity contribution in [2.75, 3.05) is 12.3 Å². The van der Waals surface area contributed by atoms with Gasteiger partial charge in [-0.2, -0.15) is 4.98 Å². The maximum Gasteiger partial charge on any atom is 0.277 e. The van der Waals surface area contributed by atoms with Gasteiger partial charge in [-0.05, 0) is 5.56 Å². The highest BCUT2D eigenvalue weighted by atomic mass is 32.2. The van der Waals surface area contributed by atoms with E-state index in [0.717, 1.165) is 5.56 Å². The fraction of sp³-hybridized carbons (Fsp3) is 0.312. The molecule has 2 heterocycles. The van der Waals surface area contributed by atoms with E-state index in [4.69, 9.17) is 8.94 Å². The van der Waals surface area contributed by atoms with Crippen molar-refractivity contribution in [2.45, 2.75) is 25.0 Å². The molecule has 0 saturated carbocycles. The first-order valence-electron chi connectivity index (χ1n) is 7.74. The van der Waals surface area contributed by atoms with Crippen molar-refractivity contribution in [3.05, 3.63) is 53.5 Å². The van der Waals surface area contributed by atoms with E-state index in [2.05, 4.69) is 25.7 Å². The molecule has 0 aliphatic rings. The summed E-state index contributed by atoms with van der Waals surface area (Å²) < 4.78 is 10.4. The lowest BCUT2D eigenvalue weighted by Gasteiger charge is -2.01. The monoisotopic (exact) mass is 359 g/mol. The van der Waals surface area contributed by atoms with E-state index in [1.807, 2.05) is 30.3 Å². The molecule has 1 amide bonds. The van der Waals surface area contributed by atoms with Gasteiger partial charge in [-0.25, -0.2) is 0 Å². The molecule has 1 N–H and O–H groups in total. The van der Waals surface area contributed by atoms with Crippen LogP contribution in [-0.2, 0) is 17.6 Å². The normalized spacial score (nSPS) is 10.8. The highest BCUT2D eigenvalue weighted by Gasteiger charge is 2.10. The molecule has 8 nitrogen and oxygen atoms in total. The van der Waals surface area contributed by atoms with Gasteiger partial charge in [-0.1, -0.05) is 47.3 Å². The standard InChI is InChI=1S/C16H17N5O3S/c1-11-19-20-16(23-11)25-10-14(22)17-8-7-15-18-13(21-24-15)9-12-5-3-2-4-6-12/h2-6H,7-10H2,1H3,(H,17,22). The van der Waals surface area contributed by atoms with Crippen LogP contribution in [0.15, 0.2) is 44.5 Å². The van der Waals surface area contributed by atoms with Crippen LogP contribution in [0.3, 0.4) is 0 Å². The molecule has 1 aromatic carbocycles. The minimum atomic E-state index is -0.120. The number of benzene rings is 1. The van der Waals surface area contributed by atoms with E-state index < -0.39 is 0 Å². The van der Waals surface area contributed by atoms with Crippen LogP contribution in [0.4, 0.5) is 0 Å². The molecular weight excluding hydrogens is 342 g/mol. The molecule has 0 bridgehead atoms. The summed E-state index contributed by atoms with van der Waals surface area (Å²) in [6.45, 7) is 2.13. The largest absolute Gasteiger partial charge is 0.416 e. The minimum absolute atomic E-state index is 0.120. The number of amides is 1. The third-order valence-corrected chi connectivity index (χ3v) is 4.03. The summed E-state index contributed by atoms with van der Waals surface area (Å²) in [7, 11) is 0. The van der Waals surface area contributed by atoms with Crippen LogP contribution in [0.2, 0.25) is 0 Å². The number of hydrogen-bond donors (Lipinski definition) is 1. The number of carbonyl (C=O) groups excluding carboxylic acids is 1. The molecule has 130 valence electrons. The first-order valence-corrected chi connectivity index (χ1v) is 8.72. The van der Waals surface area contributed by atoms with Gasteiger partial charge in [0.25, 0.3) is 5.22 Å². The number of thioether (sulfide) groups is 1. The molecule has 25 heavy (non-hydrogen) atoms. The molecule has 0 aliphatic carbocycles. The topological polar surface area (TPSA) is 107 Å². The molecule has 0 aliphatic heterocycles. The van der Waals surface area contributed by atoms with Crippen LogP contribution in [0, 0.1) is 6.92 Å². The number of aromatic nitrogens is 4. The average molecular weight is 359 g/mol. The van der Waals surface area contributed by atoms with Crippen LogP contribution >= 0.6 is 11.8 Å². The maximum atomic E-state index is 11.8. The fourth-order valence-electron chi connectivity index (χ4n) is 2.07. The Hall–Kier alpha value is -2.68. The lowest BCUT2D eigenvalue weighted by atomic mass is 10.1. The molecule has 0 fully saturated rings. The summed E-state index contributed by atoms with van der Waals surface area (Å²) in [6, 6.07) is 9.93. The van der Waals surface area contributed by atoms with Gasteiger partial charge in [0, 0.05) is 26.3 Å². The number of hydrogen-bond acceptors (Lipinski definition) is 8. The number of nitrogens with one attached hydrogen (secondary N) is 1. The Bertz CT molecular complexity index is 818. The Kier molecular flexibility index (Phi) is 5.78. The van der Waals surface area contributed by atoms with Crippen LogP contribution in [-0.4, -0.2) is 38.5 Å². The van der Waals surface area contributed by atoms with Gasteiger partial charge in [-0.3, -0.25) is 4.79 Å². The van der Waals surface area contributed by atoms with E-state index in [0.29, 0.717) is 42.2 Å². The Morgan fingerprint density at radius 1 is 1.24 bits per heavy atom. The van der Waals surface area contributed by atoms with Crippen molar-refractivity contribution in [1.29, 1.82) is 0 Å². The summed E-state index contributed by atoms with van der Waals surface area (Å²) in [5.41, 5.74) is 1.12. The van der Waals surface area contributed by atoms with Gasteiger partial charge in [0.05, 0.1) is 5.75 Å². The maximum absolute atomic E-state index is 11.8. The fourth-order valence-corrected chi connectivity index (χ4v) is 2.70. The Morgan fingerprint density at radius 2 is 2.08 bits per heavy atom. The summed E-state index contributed by atoms with van der Waals surface area (Å²) in [4.78, 5) is 16.1. The second-order valence-corrected chi connectivity index (χ2v) is 6.17. The highest BCUT2D eigenvalue weighted by molar-refractivity contribution is 7.99. The number of nitrogens with zero attached hydrogens (tertiary/aromatic N) is 4. The molecule has 3 rings (SSSR count). The molecule has 0 saturated heterocycles. The first-order chi connectivity index (χ1) is 12.2. The van der Waals surface area contributed by atoms with E-state index >= 15 is 0 Å². The Labute approximate surface area is 148 Å². The summed E-state index contributed by atoms with van der Waals surface area (Å²) in [6.07, 6.45) is 1.11. The molecule has 0 radical (unpaired) electrons. The predicted octanol–water partition coefficient (Wildman–Crippen LogP) is 1.80. The van der Waals surface area contributed by atoms with Crippen LogP contribution in [0.5, 0.6) is 0 Å². The van der Waals surface area contributed by atoms with Gasteiger partial charge in [0.2, 0.25) is 17.7 Å². The average Bonchev–Trinajstić information content (AvgIpc) is 3.23. The predicted molar refractivity (Wildman–Crippen MR) is 90.0 cm³/mol. The van der Waals surface area contributed by atoms with E-state index in [9.17, 15) is 4.79 Å². The zero-order valence-electron chi connectivity index (χ0n) is 13.6. The van der Waals surface area contributed by atoms with E-state index in [1.165, 1.54) is 11.8 Å². The lowest BCUT2D eigenvalue weighted by molar-refractivity contribution is -0.118. The van der Waals surface area contributed by atoms with Gasteiger partial charge in [-0.15, -0.1) is 10.2 Å². The number of rotatable bonds is 8. The lowest BCUT2D eigenvalue weighted by Crippen LogP contribution is -2.27. The summed E-state index contributed by atoms with van der Waals surface area (Å²) in [5, 5.41) is 14.6. The van der Waals surface area contributed by atoms with Gasteiger partial charge in [0.1, 0.15) is 0 Å². The molecule has 0 unspecified atom stereocenters. The Morgan fingerprint density at radius 3 is 2.84 bits per heavy atom. The van der Waals surface area contributed by atoms with Gasteiger partial charge >= 0.3 is 0 Å². The molecule has 0 atom stereocenters. The zero-order valence-corrected chi connectivity index (χ0v) is 14.5. The second-order valence-electron chi connectivity index (χ2n) is 5.24. The molecule has 3 aromatic rings. The van der Waals surface area contributed by atoms with E-state index in [-0.39, 0.29) is 11.7 Å². The van der Waals surface area contributed by atoms with Crippen molar-refractivity contribution in [3.8, 4) is 0 Å². The molecule has 2 aromatic heterocycles. The molecule has 0 spiro atoms. The van der Waals surface area contributed by atoms with Crippen LogP contribution < -0.4 is 5.32 Å². The third kappa shape index (κ3) is 5.42. The van der Waals surface area contributed by atoms with Crippen molar-refractivity contribution in [3.63, 3.8) is 0 Å². The number of aryl methyl sites for hydroxylation is 1. The molecule has 9 heteroatoms. The molecular formula is C16H17N5O3S. The van der Waals surface area contributed by atoms with Gasteiger partial charge < -0.3 is 14.3 Å². The zero-order chi connectivity index (χ0) is 17.5.